The monoisotopic (exact) mass is 497 g/mol. The van der Waals surface area contributed by atoms with Crippen LogP contribution in [0.1, 0.15) is 72.3 Å². The molecule has 1 saturated heterocycles. The first-order valence-corrected chi connectivity index (χ1v) is 12.8. The van der Waals surface area contributed by atoms with Crippen LogP contribution in [0.15, 0.2) is 42.5 Å². The predicted molar refractivity (Wildman–Crippen MR) is 138 cm³/mol. The summed E-state index contributed by atoms with van der Waals surface area (Å²) in [6, 6.07) is 13.4. The van der Waals surface area contributed by atoms with Crippen molar-refractivity contribution in [3.63, 3.8) is 0 Å². The Labute approximate surface area is 214 Å². The fraction of sp³-hybridized carbons (Fsp3) is 0.552. The number of hydrogen-bond acceptors (Lipinski definition) is 7. The van der Waals surface area contributed by atoms with E-state index < -0.39 is 29.9 Å². The second-order valence-electron chi connectivity index (χ2n) is 10.6. The zero-order chi connectivity index (χ0) is 26.5. The van der Waals surface area contributed by atoms with Gasteiger partial charge in [0.15, 0.2) is 12.2 Å². The topological polar surface area (TPSA) is 82.1 Å². The van der Waals surface area contributed by atoms with E-state index in [0.717, 1.165) is 30.0 Å². The number of ether oxygens (including phenoxy) is 2. The Morgan fingerprint density at radius 2 is 1.47 bits per heavy atom. The van der Waals surface area contributed by atoms with Crippen LogP contribution in [0.5, 0.6) is 0 Å². The second kappa shape index (κ2) is 11.5. The van der Waals surface area contributed by atoms with Crippen LogP contribution in [-0.4, -0.2) is 53.7 Å². The number of hydroxylamine groups is 2. The first-order valence-electron chi connectivity index (χ1n) is 12.8. The molecule has 0 saturated carbocycles. The standard InChI is InChI=1S/C29H39NO6/c1-7-34-26(32)25(27(33)35-8-2)24(22-15-14-20-12-9-10-13-21(20)18-22)23(19-31)36-30-28(3,4)16-11-17-29(30,5)6/h9-10,12-15,18-19,23-25H,7-8,11,16-17H2,1-6H3/t23-,24-/m1/s1. The predicted octanol–water partition coefficient (Wildman–Crippen LogP) is 5.21. The molecule has 0 radical (unpaired) electrons. The Hall–Kier alpha value is -2.77. The summed E-state index contributed by atoms with van der Waals surface area (Å²) >= 11 is 0. The van der Waals surface area contributed by atoms with E-state index in [4.69, 9.17) is 14.3 Å². The average molecular weight is 498 g/mol. The van der Waals surface area contributed by atoms with E-state index in [1.54, 1.807) is 13.8 Å². The number of carbonyl (C=O) groups is 3. The third kappa shape index (κ3) is 5.95. The summed E-state index contributed by atoms with van der Waals surface area (Å²) in [5.41, 5.74) is -0.0647. The van der Waals surface area contributed by atoms with Crippen LogP contribution in [0.3, 0.4) is 0 Å². The van der Waals surface area contributed by atoms with E-state index in [2.05, 4.69) is 27.7 Å². The lowest BCUT2D eigenvalue weighted by Gasteiger charge is -2.52. The van der Waals surface area contributed by atoms with E-state index in [0.29, 0.717) is 11.8 Å². The van der Waals surface area contributed by atoms with Gasteiger partial charge in [0.05, 0.1) is 13.2 Å². The smallest absolute Gasteiger partial charge is 0.321 e. The molecule has 36 heavy (non-hydrogen) atoms. The van der Waals surface area contributed by atoms with Gasteiger partial charge in [0, 0.05) is 17.0 Å². The van der Waals surface area contributed by atoms with E-state index in [1.807, 2.05) is 47.5 Å². The van der Waals surface area contributed by atoms with Gasteiger partial charge in [0.2, 0.25) is 0 Å². The first-order chi connectivity index (χ1) is 17.1. The van der Waals surface area contributed by atoms with E-state index in [1.165, 1.54) is 0 Å². The molecule has 0 aliphatic carbocycles. The molecule has 196 valence electrons. The van der Waals surface area contributed by atoms with Crippen LogP contribution < -0.4 is 0 Å². The number of carbonyl (C=O) groups excluding carboxylic acids is 3. The SMILES string of the molecule is CCOC(=O)C(C(=O)OCC)[C@H](c1ccc2ccccc2c1)[C@@H](C=O)ON1C(C)(C)CCCC1(C)C. The van der Waals surface area contributed by atoms with Gasteiger partial charge in [-0.3, -0.25) is 14.4 Å². The maximum absolute atomic E-state index is 13.2. The maximum atomic E-state index is 13.2. The third-order valence-electron chi connectivity index (χ3n) is 6.99. The van der Waals surface area contributed by atoms with Crippen LogP contribution in [0, 0.1) is 5.92 Å². The molecular formula is C29H39NO6. The van der Waals surface area contributed by atoms with Gasteiger partial charge in [0.1, 0.15) is 6.10 Å². The Morgan fingerprint density at radius 1 is 0.917 bits per heavy atom. The minimum atomic E-state index is -1.36. The Morgan fingerprint density at radius 3 is 2.00 bits per heavy atom. The summed E-state index contributed by atoms with van der Waals surface area (Å²) in [5, 5.41) is 3.81. The fourth-order valence-electron chi connectivity index (χ4n) is 5.40. The van der Waals surface area contributed by atoms with Crippen molar-refractivity contribution in [3.8, 4) is 0 Å². The van der Waals surface area contributed by atoms with Crippen LogP contribution in [0.4, 0.5) is 0 Å². The maximum Gasteiger partial charge on any atom is 0.321 e. The number of rotatable bonds is 10. The number of fused-ring (bicyclic) bond motifs is 1. The molecule has 0 unspecified atom stereocenters. The summed E-state index contributed by atoms with van der Waals surface area (Å²) in [4.78, 5) is 45.6. The van der Waals surface area contributed by atoms with Crippen molar-refractivity contribution >= 4 is 29.0 Å². The van der Waals surface area contributed by atoms with Gasteiger partial charge >= 0.3 is 11.9 Å². The van der Waals surface area contributed by atoms with Crippen molar-refractivity contribution in [2.24, 2.45) is 5.92 Å². The largest absolute Gasteiger partial charge is 0.465 e. The highest BCUT2D eigenvalue weighted by molar-refractivity contribution is 5.97. The lowest BCUT2D eigenvalue weighted by atomic mass is 9.80. The highest BCUT2D eigenvalue weighted by Gasteiger charge is 2.48. The lowest BCUT2D eigenvalue weighted by Crippen LogP contribution is -2.60. The van der Waals surface area contributed by atoms with Crippen molar-refractivity contribution < 1.29 is 28.7 Å². The van der Waals surface area contributed by atoms with Crippen LogP contribution >= 0.6 is 0 Å². The molecule has 7 nitrogen and oxygen atoms in total. The molecule has 0 spiro atoms. The van der Waals surface area contributed by atoms with Crippen molar-refractivity contribution in [1.29, 1.82) is 0 Å². The Balaban J connectivity index is 2.15. The zero-order valence-corrected chi connectivity index (χ0v) is 22.3. The quantitative estimate of drug-likeness (QED) is 0.253. The highest BCUT2D eigenvalue weighted by atomic mass is 16.7. The van der Waals surface area contributed by atoms with Crippen LogP contribution in [0.2, 0.25) is 0 Å². The number of nitrogens with zero attached hydrogens (tertiary/aromatic N) is 1. The van der Waals surface area contributed by atoms with Gasteiger partial charge in [-0.25, -0.2) is 0 Å². The summed E-state index contributed by atoms with van der Waals surface area (Å²) in [7, 11) is 0. The zero-order valence-electron chi connectivity index (χ0n) is 22.3. The summed E-state index contributed by atoms with van der Waals surface area (Å²) in [6.45, 7) is 11.9. The number of benzene rings is 2. The molecule has 2 atom stereocenters. The number of hydrogen-bond donors (Lipinski definition) is 0. The van der Waals surface area contributed by atoms with Crippen molar-refractivity contribution in [2.75, 3.05) is 13.2 Å². The van der Waals surface area contributed by atoms with Crippen LogP contribution in [0.25, 0.3) is 10.8 Å². The van der Waals surface area contributed by atoms with Gasteiger partial charge in [-0.15, -0.1) is 0 Å². The first kappa shape index (κ1) is 27.8. The fourth-order valence-corrected chi connectivity index (χ4v) is 5.40. The Kier molecular flexibility index (Phi) is 8.90. The van der Waals surface area contributed by atoms with E-state index >= 15 is 0 Å². The van der Waals surface area contributed by atoms with Gasteiger partial charge in [-0.1, -0.05) is 42.5 Å². The van der Waals surface area contributed by atoms with Crippen molar-refractivity contribution in [1.82, 2.24) is 5.06 Å². The number of esters is 2. The van der Waals surface area contributed by atoms with Crippen molar-refractivity contribution in [2.45, 2.75) is 83.9 Å². The molecule has 0 N–H and O–H groups in total. The average Bonchev–Trinajstić information content (AvgIpc) is 2.82. The molecule has 1 fully saturated rings. The lowest BCUT2D eigenvalue weighted by molar-refractivity contribution is -0.300. The molecular weight excluding hydrogens is 458 g/mol. The van der Waals surface area contributed by atoms with E-state index in [-0.39, 0.29) is 24.3 Å². The molecule has 2 aromatic rings. The summed E-state index contributed by atoms with van der Waals surface area (Å²) < 4.78 is 10.6. The van der Waals surface area contributed by atoms with Gasteiger partial charge < -0.3 is 14.3 Å². The number of piperidine rings is 1. The van der Waals surface area contributed by atoms with Crippen LogP contribution in [-0.2, 0) is 28.7 Å². The normalized spacial score (nSPS) is 19.0. The molecule has 1 aliphatic heterocycles. The molecule has 2 aromatic carbocycles. The van der Waals surface area contributed by atoms with Gasteiger partial charge in [-0.05, 0) is 77.1 Å². The molecule has 3 rings (SSSR count). The third-order valence-corrected chi connectivity index (χ3v) is 6.99. The van der Waals surface area contributed by atoms with E-state index in [9.17, 15) is 14.4 Å². The van der Waals surface area contributed by atoms with Gasteiger partial charge in [0.25, 0.3) is 0 Å². The molecule has 0 bridgehead atoms. The molecule has 1 heterocycles. The highest BCUT2D eigenvalue weighted by Crippen LogP contribution is 2.41. The molecule has 1 aliphatic rings. The minimum Gasteiger partial charge on any atom is -0.465 e. The number of aldehydes is 1. The molecule has 0 aromatic heterocycles. The second-order valence-corrected chi connectivity index (χ2v) is 10.6. The Bertz CT molecular complexity index is 1040. The summed E-state index contributed by atoms with van der Waals surface area (Å²) in [5.74, 6) is -3.78. The minimum absolute atomic E-state index is 0.0952. The summed E-state index contributed by atoms with van der Waals surface area (Å²) in [6.07, 6.45) is 2.38. The van der Waals surface area contributed by atoms with Crippen molar-refractivity contribution in [3.05, 3.63) is 48.0 Å². The molecule has 7 heteroatoms. The molecule has 0 amide bonds. The van der Waals surface area contributed by atoms with Gasteiger partial charge in [-0.2, -0.15) is 5.06 Å².